The average Bonchev–Trinajstić information content (AvgIpc) is 2.28. The van der Waals surface area contributed by atoms with E-state index in [0.717, 1.165) is 6.29 Å². The van der Waals surface area contributed by atoms with E-state index in [0.29, 0.717) is 18.1 Å². The van der Waals surface area contributed by atoms with Crippen LogP contribution in [0.25, 0.3) is 0 Å². The summed E-state index contributed by atoms with van der Waals surface area (Å²) in [4.78, 5) is 20.5. The number of carbonyl (C=O) groups excluding carboxylic acids is 1. The molecule has 1 heterocycles. The maximum atomic E-state index is 10.4. The molecule has 0 N–H and O–H groups in total. The van der Waals surface area contributed by atoms with E-state index in [9.17, 15) is 4.79 Å². The van der Waals surface area contributed by atoms with Gasteiger partial charge >= 0.3 is 0 Å². The van der Waals surface area contributed by atoms with Gasteiger partial charge in [-0.3, -0.25) is 4.79 Å². The van der Waals surface area contributed by atoms with Crippen LogP contribution in [-0.4, -0.2) is 43.1 Å². The molecular weight excluding hydrogens is 194 g/mol. The molecule has 0 aliphatic carbocycles. The molecule has 0 aliphatic rings. The third-order valence-corrected chi connectivity index (χ3v) is 2.18. The van der Waals surface area contributed by atoms with Gasteiger partial charge in [0.25, 0.3) is 0 Å². The number of methoxy groups -OCH3 is 1. The monoisotopic (exact) mass is 209 g/mol. The topological polar surface area (TPSA) is 55.3 Å². The molecule has 0 amide bonds. The van der Waals surface area contributed by atoms with Crippen LogP contribution in [0, 0.1) is 0 Å². The number of aldehydes is 1. The Balaban J connectivity index is 2.73. The van der Waals surface area contributed by atoms with Gasteiger partial charge in [0.15, 0.2) is 6.29 Å². The lowest BCUT2D eigenvalue weighted by Crippen LogP contribution is -2.33. The number of carbonyl (C=O) groups is 1. The minimum atomic E-state index is 0.192. The second-order valence-electron chi connectivity index (χ2n) is 3.35. The van der Waals surface area contributed by atoms with Crippen molar-refractivity contribution >= 4 is 12.2 Å². The normalized spacial score (nSPS) is 12.2. The van der Waals surface area contributed by atoms with Crippen molar-refractivity contribution in [1.29, 1.82) is 0 Å². The van der Waals surface area contributed by atoms with Crippen molar-refractivity contribution in [3.8, 4) is 0 Å². The maximum Gasteiger partial charge on any atom is 0.225 e. The third-order valence-electron chi connectivity index (χ3n) is 2.18. The maximum absolute atomic E-state index is 10.4. The van der Waals surface area contributed by atoms with Crippen LogP contribution in [0.4, 0.5) is 5.95 Å². The van der Waals surface area contributed by atoms with Crippen molar-refractivity contribution in [1.82, 2.24) is 9.97 Å². The van der Waals surface area contributed by atoms with E-state index in [1.165, 1.54) is 12.4 Å². The standard InChI is InChI=1S/C10H15N3O2/c1-8(7-15-3)13(2)10-11-4-9(6-14)5-12-10/h4-6,8H,7H2,1-3H3. The molecule has 0 aromatic carbocycles. The minimum absolute atomic E-state index is 0.192. The zero-order valence-electron chi connectivity index (χ0n) is 9.17. The van der Waals surface area contributed by atoms with Crippen molar-refractivity contribution in [2.75, 3.05) is 25.7 Å². The largest absolute Gasteiger partial charge is 0.383 e. The van der Waals surface area contributed by atoms with Gasteiger partial charge in [-0.1, -0.05) is 0 Å². The highest BCUT2D eigenvalue weighted by atomic mass is 16.5. The van der Waals surface area contributed by atoms with Crippen LogP contribution < -0.4 is 4.90 Å². The van der Waals surface area contributed by atoms with E-state index in [4.69, 9.17) is 4.74 Å². The van der Waals surface area contributed by atoms with Crippen LogP contribution >= 0.6 is 0 Å². The first-order chi connectivity index (χ1) is 7.19. The van der Waals surface area contributed by atoms with Crippen molar-refractivity contribution in [3.63, 3.8) is 0 Å². The summed E-state index contributed by atoms with van der Waals surface area (Å²) in [6.45, 7) is 2.62. The fourth-order valence-electron chi connectivity index (χ4n) is 1.12. The molecular formula is C10H15N3O2. The van der Waals surface area contributed by atoms with Crippen molar-refractivity contribution in [2.45, 2.75) is 13.0 Å². The molecule has 0 aliphatic heterocycles. The second kappa shape index (κ2) is 5.41. The molecule has 82 valence electrons. The predicted octanol–water partition coefficient (Wildman–Crippen LogP) is 0.760. The molecule has 1 aromatic rings. The smallest absolute Gasteiger partial charge is 0.225 e. The number of hydrogen-bond donors (Lipinski definition) is 0. The Morgan fingerprint density at radius 2 is 2.13 bits per heavy atom. The Morgan fingerprint density at radius 1 is 1.53 bits per heavy atom. The number of likely N-dealkylation sites (N-methyl/N-ethyl adjacent to an activating group) is 1. The molecule has 0 saturated heterocycles. The Kier molecular flexibility index (Phi) is 4.17. The van der Waals surface area contributed by atoms with E-state index in [2.05, 4.69) is 9.97 Å². The Hall–Kier alpha value is -1.49. The highest BCUT2D eigenvalue weighted by molar-refractivity contribution is 5.73. The first-order valence-corrected chi connectivity index (χ1v) is 4.68. The summed E-state index contributed by atoms with van der Waals surface area (Å²) >= 11 is 0. The van der Waals surface area contributed by atoms with Crippen molar-refractivity contribution < 1.29 is 9.53 Å². The van der Waals surface area contributed by atoms with Gasteiger partial charge < -0.3 is 9.64 Å². The summed E-state index contributed by atoms with van der Waals surface area (Å²) in [5.41, 5.74) is 0.478. The first kappa shape index (κ1) is 11.6. The number of rotatable bonds is 5. The van der Waals surface area contributed by atoms with Gasteiger partial charge in [0.1, 0.15) is 0 Å². The number of aromatic nitrogens is 2. The lowest BCUT2D eigenvalue weighted by molar-refractivity contribution is 0.112. The van der Waals surface area contributed by atoms with Crippen LogP contribution in [0.3, 0.4) is 0 Å². The van der Waals surface area contributed by atoms with Gasteiger partial charge in [0.05, 0.1) is 18.2 Å². The Morgan fingerprint density at radius 3 is 2.60 bits per heavy atom. The number of anilines is 1. The summed E-state index contributed by atoms with van der Waals surface area (Å²) in [7, 11) is 3.54. The zero-order valence-corrected chi connectivity index (χ0v) is 9.17. The SMILES string of the molecule is COCC(C)N(C)c1ncc(C=O)cn1. The predicted molar refractivity (Wildman–Crippen MR) is 57.2 cm³/mol. The molecule has 0 bridgehead atoms. The van der Waals surface area contributed by atoms with E-state index in [1.54, 1.807) is 7.11 Å². The molecule has 15 heavy (non-hydrogen) atoms. The summed E-state index contributed by atoms with van der Waals surface area (Å²) < 4.78 is 5.04. The number of nitrogens with zero attached hydrogens (tertiary/aromatic N) is 3. The molecule has 1 atom stereocenters. The Bertz CT molecular complexity index is 313. The van der Waals surface area contributed by atoms with Crippen LogP contribution in [0.5, 0.6) is 0 Å². The molecule has 0 radical (unpaired) electrons. The minimum Gasteiger partial charge on any atom is -0.383 e. The highest BCUT2D eigenvalue weighted by Crippen LogP contribution is 2.07. The van der Waals surface area contributed by atoms with Gasteiger partial charge in [-0.25, -0.2) is 9.97 Å². The van der Waals surface area contributed by atoms with Gasteiger partial charge in [-0.05, 0) is 6.92 Å². The zero-order chi connectivity index (χ0) is 11.3. The van der Waals surface area contributed by atoms with Crippen molar-refractivity contribution in [2.24, 2.45) is 0 Å². The van der Waals surface area contributed by atoms with E-state index in [-0.39, 0.29) is 6.04 Å². The summed E-state index contributed by atoms with van der Waals surface area (Å²) in [5.74, 6) is 0.588. The lowest BCUT2D eigenvalue weighted by Gasteiger charge is -2.23. The van der Waals surface area contributed by atoms with E-state index < -0.39 is 0 Å². The molecule has 0 saturated carbocycles. The van der Waals surface area contributed by atoms with Crippen molar-refractivity contribution in [3.05, 3.63) is 18.0 Å². The molecule has 1 unspecified atom stereocenters. The summed E-state index contributed by atoms with van der Waals surface area (Å²) in [6, 6.07) is 0.192. The van der Waals surface area contributed by atoms with Gasteiger partial charge in [0, 0.05) is 26.6 Å². The summed E-state index contributed by atoms with van der Waals surface area (Å²) in [6.07, 6.45) is 3.74. The van der Waals surface area contributed by atoms with E-state index in [1.807, 2.05) is 18.9 Å². The fourth-order valence-corrected chi connectivity index (χ4v) is 1.12. The quantitative estimate of drug-likeness (QED) is 0.670. The van der Waals surface area contributed by atoms with Crippen LogP contribution in [-0.2, 0) is 4.74 Å². The van der Waals surface area contributed by atoms with Crippen LogP contribution in [0.2, 0.25) is 0 Å². The second-order valence-corrected chi connectivity index (χ2v) is 3.35. The summed E-state index contributed by atoms with van der Waals surface area (Å²) in [5, 5.41) is 0. The lowest BCUT2D eigenvalue weighted by atomic mass is 10.3. The molecule has 5 heteroatoms. The van der Waals surface area contributed by atoms with Gasteiger partial charge in [-0.2, -0.15) is 0 Å². The number of ether oxygens (including phenoxy) is 1. The molecule has 1 rings (SSSR count). The van der Waals surface area contributed by atoms with Crippen LogP contribution in [0.15, 0.2) is 12.4 Å². The average molecular weight is 209 g/mol. The fraction of sp³-hybridized carbons (Fsp3) is 0.500. The Labute approximate surface area is 89.1 Å². The molecule has 0 spiro atoms. The molecule has 5 nitrogen and oxygen atoms in total. The van der Waals surface area contributed by atoms with Gasteiger partial charge in [0.2, 0.25) is 5.95 Å². The van der Waals surface area contributed by atoms with E-state index >= 15 is 0 Å². The highest BCUT2D eigenvalue weighted by Gasteiger charge is 2.11. The third kappa shape index (κ3) is 2.99. The first-order valence-electron chi connectivity index (χ1n) is 4.68. The van der Waals surface area contributed by atoms with Crippen LogP contribution in [0.1, 0.15) is 17.3 Å². The van der Waals surface area contributed by atoms with Gasteiger partial charge in [-0.15, -0.1) is 0 Å². The molecule has 1 aromatic heterocycles. The molecule has 0 fully saturated rings. The number of hydrogen-bond acceptors (Lipinski definition) is 5.